The zero-order chi connectivity index (χ0) is 14.7. The summed E-state index contributed by atoms with van der Waals surface area (Å²) in [5.41, 5.74) is 0. The number of halogens is 1. The van der Waals surface area contributed by atoms with E-state index in [1.807, 2.05) is 0 Å². The van der Waals surface area contributed by atoms with E-state index in [4.69, 9.17) is 4.74 Å². The molecule has 0 spiro atoms. The van der Waals surface area contributed by atoms with Gasteiger partial charge in [0, 0.05) is 29.3 Å². The minimum absolute atomic E-state index is 0.0344. The van der Waals surface area contributed by atoms with E-state index in [0.717, 1.165) is 19.3 Å². The highest BCUT2D eigenvalue weighted by Gasteiger charge is 2.49. The third kappa shape index (κ3) is 3.64. The van der Waals surface area contributed by atoms with Crippen molar-refractivity contribution < 1.29 is 24.5 Å². The first-order chi connectivity index (χ1) is 9.56. The molecular weight excluding hydrogens is 375 g/mol. The van der Waals surface area contributed by atoms with Crippen LogP contribution in [0.25, 0.3) is 0 Å². The summed E-state index contributed by atoms with van der Waals surface area (Å²) in [6.07, 6.45) is 3.55. The van der Waals surface area contributed by atoms with Crippen LogP contribution in [-0.4, -0.2) is 52.1 Å². The Balaban J connectivity index is 1.77. The second-order valence-corrected chi connectivity index (χ2v) is 7.35. The van der Waals surface area contributed by atoms with Gasteiger partial charge in [0.15, 0.2) is 0 Å². The van der Waals surface area contributed by atoms with Crippen molar-refractivity contribution in [1.29, 1.82) is 0 Å². The van der Waals surface area contributed by atoms with Gasteiger partial charge >= 0.3 is 5.97 Å². The van der Waals surface area contributed by atoms with Gasteiger partial charge in [-0.2, -0.15) is 0 Å². The summed E-state index contributed by atoms with van der Waals surface area (Å²) in [6.45, 7) is 0.0344. The van der Waals surface area contributed by atoms with Crippen molar-refractivity contribution in [3.8, 4) is 0 Å². The van der Waals surface area contributed by atoms with Crippen LogP contribution in [0.15, 0.2) is 0 Å². The van der Waals surface area contributed by atoms with Gasteiger partial charge in [0.1, 0.15) is 0 Å². The molecule has 0 radical (unpaired) electrons. The third-order valence-corrected chi connectivity index (χ3v) is 5.98. The molecule has 2 rings (SSSR count). The van der Waals surface area contributed by atoms with Crippen molar-refractivity contribution in [2.45, 2.75) is 54.3 Å². The van der Waals surface area contributed by atoms with Gasteiger partial charge in [-0.3, -0.25) is 4.79 Å². The van der Waals surface area contributed by atoms with Gasteiger partial charge in [-0.05, 0) is 25.2 Å². The fourth-order valence-corrected chi connectivity index (χ4v) is 4.30. The molecule has 6 atom stereocenters. The molecule has 116 valence electrons. The van der Waals surface area contributed by atoms with Crippen LogP contribution in [0.1, 0.15) is 32.1 Å². The quantitative estimate of drug-likeness (QED) is 0.401. The maximum Gasteiger partial charge on any atom is 0.305 e. The normalized spacial score (nSPS) is 37.7. The Bertz CT molecular complexity index is 338. The number of esters is 1. The van der Waals surface area contributed by atoms with Crippen molar-refractivity contribution in [1.82, 2.24) is 0 Å². The summed E-state index contributed by atoms with van der Waals surface area (Å²) in [6, 6.07) is 0. The fourth-order valence-electron chi connectivity index (χ4n) is 3.40. The first-order valence-corrected chi connectivity index (χ1v) is 8.46. The molecule has 0 aromatic carbocycles. The summed E-state index contributed by atoms with van der Waals surface area (Å²) in [5, 5.41) is 19.2. The first kappa shape index (κ1) is 16.5. The smallest absolute Gasteiger partial charge is 0.305 e. The van der Waals surface area contributed by atoms with Crippen molar-refractivity contribution in [3.05, 3.63) is 0 Å². The van der Waals surface area contributed by atoms with E-state index >= 15 is 0 Å². The Morgan fingerprint density at radius 1 is 1.50 bits per heavy atom. The van der Waals surface area contributed by atoms with Crippen LogP contribution in [-0.2, 0) is 14.3 Å². The number of ether oxygens (including phenoxy) is 2. The Hall–Kier alpha value is 0.0800. The Labute approximate surface area is 133 Å². The third-order valence-electron chi connectivity index (χ3n) is 4.55. The number of rotatable bonds is 6. The van der Waals surface area contributed by atoms with Gasteiger partial charge in [-0.15, -0.1) is 0 Å². The van der Waals surface area contributed by atoms with E-state index < -0.39 is 6.10 Å². The zero-order valence-electron chi connectivity index (χ0n) is 11.7. The predicted molar refractivity (Wildman–Crippen MR) is 81.6 cm³/mol. The molecule has 1 aliphatic heterocycles. The Kier molecular flexibility index (Phi) is 6.07. The van der Waals surface area contributed by atoms with Gasteiger partial charge in [-0.1, -0.05) is 22.6 Å². The average Bonchev–Trinajstić information content (AvgIpc) is 2.94. The molecule has 2 fully saturated rings. The van der Waals surface area contributed by atoms with E-state index in [-0.39, 0.29) is 36.6 Å². The lowest BCUT2D eigenvalue weighted by molar-refractivity contribution is -0.140. The van der Waals surface area contributed by atoms with E-state index in [1.165, 1.54) is 7.11 Å². The monoisotopic (exact) mass is 398 g/mol. The summed E-state index contributed by atoms with van der Waals surface area (Å²) < 4.78 is 11.0. The molecule has 6 unspecified atom stereocenters. The van der Waals surface area contributed by atoms with Gasteiger partial charge in [-0.25, -0.2) is 0 Å². The fraction of sp³-hybridized carbons (Fsp3) is 0.929. The predicted octanol–water partition coefficient (Wildman–Crippen LogP) is 1.28. The summed E-state index contributed by atoms with van der Waals surface area (Å²) >= 11 is 2.39. The van der Waals surface area contributed by atoms with Gasteiger partial charge in [0.25, 0.3) is 0 Å². The topological polar surface area (TPSA) is 76.0 Å². The number of carbonyl (C=O) groups is 1. The number of aliphatic hydroxyl groups excluding tert-OH is 2. The lowest BCUT2D eigenvalue weighted by Crippen LogP contribution is -2.26. The van der Waals surface area contributed by atoms with E-state index in [1.54, 1.807) is 0 Å². The van der Waals surface area contributed by atoms with E-state index in [2.05, 4.69) is 27.3 Å². The number of aliphatic hydroxyl groups is 2. The van der Waals surface area contributed by atoms with Crippen molar-refractivity contribution in [2.75, 3.05) is 13.7 Å². The molecule has 1 aliphatic carbocycles. The van der Waals surface area contributed by atoms with Crippen molar-refractivity contribution >= 4 is 28.6 Å². The van der Waals surface area contributed by atoms with Crippen LogP contribution in [0.4, 0.5) is 0 Å². The van der Waals surface area contributed by atoms with Gasteiger partial charge in [0.2, 0.25) is 0 Å². The lowest BCUT2D eigenvalue weighted by Gasteiger charge is -2.21. The molecule has 5 nitrogen and oxygen atoms in total. The van der Waals surface area contributed by atoms with Crippen LogP contribution >= 0.6 is 22.6 Å². The Morgan fingerprint density at radius 3 is 2.90 bits per heavy atom. The summed E-state index contributed by atoms with van der Waals surface area (Å²) in [5.74, 6) is 0.0721. The molecule has 0 amide bonds. The van der Waals surface area contributed by atoms with Crippen LogP contribution in [0.5, 0.6) is 0 Å². The standard InChI is InChI=1S/C14H23IO5/c1-19-14(18)4-2-3-10(15)13-5-8-9(7-16)11(17)6-12(8)20-13/h8-13,16-17H,2-7H2,1H3. The van der Waals surface area contributed by atoms with Crippen LogP contribution in [0.3, 0.4) is 0 Å². The second-order valence-electron chi connectivity index (χ2n) is 5.75. The average molecular weight is 398 g/mol. The van der Waals surface area contributed by atoms with Crippen LogP contribution < -0.4 is 0 Å². The molecule has 2 aliphatic rings. The minimum Gasteiger partial charge on any atom is -0.469 e. The zero-order valence-corrected chi connectivity index (χ0v) is 13.9. The largest absolute Gasteiger partial charge is 0.469 e. The summed E-state index contributed by atoms with van der Waals surface area (Å²) in [7, 11) is 1.41. The number of carbonyl (C=O) groups excluding carboxylic acids is 1. The molecule has 0 aromatic rings. The van der Waals surface area contributed by atoms with E-state index in [9.17, 15) is 15.0 Å². The molecular formula is C14H23IO5. The van der Waals surface area contributed by atoms with Crippen LogP contribution in [0, 0.1) is 11.8 Å². The molecule has 0 bridgehead atoms. The summed E-state index contributed by atoms with van der Waals surface area (Å²) in [4.78, 5) is 11.1. The molecule has 1 saturated carbocycles. The Morgan fingerprint density at radius 2 is 2.25 bits per heavy atom. The molecule has 2 N–H and O–H groups in total. The number of fused-ring (bicyclic) bond motifs is 1. The second kappa shape index (κ2) is 7.38. The van der Waals surface area contributed by atoms with Crippen molar-refractivity contribution in [3.63, 3.8) is 0 Å². The van der Waals surface area contributed by atoms with Crippen LogP contribution in [0.2, 0.25) is 0 Å². The molecule has 20 heavy (non-hydrogen) atoms. The SMILES string of the molecule is COC(=O)CCCC(I)C1CC2C(CC(O)C2CO)O1. The highest BCUT2D eigenvalue weighted by atomic mass is 127. The lowest BCUT2D eigenvalue weighted by atomic mass is 9.90. The highest BCUT2D eigenvalue weighted by molar-refractivity contribution is 14.1. The highest BCUT2D eigenvalue weighted by Crippen LogP contribution is 2.45. The van der Waals surface area contributed by atoms with Gasteiger partial charge in [0.05, 0.1) is 25.4 Å². The first-order valence-electron chi connectivity index (χ1n) is 7.22. The maximum absolute atomic E-state index is 11.1. The van der Waals surface area contributed by atoms with E-state index in [0.29, 0.717) is 16.8 Å². The number of methoxy groups -OCH3 is 1. The molecule has 6 heteroatoms. The van der Waals surface area contributed by atoms with Gasteiger partial charge < -0.3 is 19.7 Å². The number of hydrogen-bond donors (Lipinski definition) is 2. The van der Waals surface area contributed by atoms with Crippen molar-refractivity contribution in [2.24, 2.45) is 11.8 Å². The minimum atomic E-state index is -0.428. The molecule has 1 saturated heterocycles. The number of hydrogen-bond acceptors (Lipinski definition) is 5. The maximum atomic E-state index is 11.1. The molecule has 1 heterocycles. The number of alkyl halides is 1. The molecule has 0 aromatic heterocycles.